The Labute approximate surface area is 160 Å². The highest BCUT2D eigenvalue weighted by molar-refractivity contribution is 14.1. The maximum atomic E-state index is 12.5. The second kappa shape index (κ2) is 7.85. The van der Waals surface area contributed by atoms with Gasteiger partial charge in [-0.2, -0.15) is 13.2 Å². The molecule has 3 aromatic rings. The Hall–Kier alpha value is -2.43. The van der Waals surface area contributed by atoms with Crippen molar-refractivity contribution in [1.29, 1.82) is 0 Å². The van der Waals surface area contributed by atoms with Gasteiger partial charge >= 0.3 is 6.18 Å². The molecule has 0 unspecified atom stereocenters. The van der Waals surface area contributed by atoms with E-state index in [1.54, 1.807) is 24.3 Å². The van der Waals surface area contributed by atoms with Crippen LogP contribution in [0.3, 0.4) is 0 Å². The number of rotatable bonds is 5. The number of hydrogen-bond acceptors (Lipinski definition) is 5. The van der Waals surface area contributed by atoms with Crippen LogP contribution in [0.2, 0.25) is 0 Å². The van der Waals surface area contributed by atoms with Gasteiger partial charge in [0.2, 0.25) is 11.8 Å². The number of ether oxygens (including phenoxy) is 1. The fraction of sp³-hybridized carbons (Fsp3) is 0.118. The average Bonchev–Trinajstić information content (AvgIpc) is 3.07. The van der Waals surface area contributed by atoms with Gasteiger partial charge in [-0.25, -0.2) is 4.98 Å². The molecule has 0 aliphatic heterocycles. The molecule has 2 heterocycles. The van der Waals surface area contributed by atoms with Gasteiger partial charge < -0.3 is 9.15 Å². The molecule has 0 fully saturated rings. The van der Waals surface area contributed by atoms with Crippen LogP contribution in [0, 0.1) is 3.70 Å². The molecule has 2 aromatic heterocycles. The van der Waals surface area contributed by atoms with Crippen molar-refractivity contribution in [2.24, 2.45) is 0 Å². The zero-order valence-corrected chi connectivity index (χ0v) is 15.2. The lowest BCUT2D eigenvalue weighted by Crippen LogP contribution is -2.03. The monoisotopic (exact) mass is 473 g/mol. The van der Waals surface area contributed by atoms with E-state index in [1.807, 2.05) is 22.6 Å². The molecule has 0 radical (unpaired) electrons. The Morgan fingerprint density at radius 1 is 1.04 bits per heavy atom. The lowest BCUT2D eigenvalue weighted by Gasteiger charge is -2.05. The highest BCUT2D eigenvalue weighted by Gasteiger charge is 2.29. The Balaban J connectivity index is 1.59. The van der Waals surface area contributed by atoms with Gasteiger partial charge in [-0.15, -0.1) is 10.2 Å². The van der Waals surface area contributed by atoms with Crippen LogP contribution in [-0.2, 0) is 12.8 Å². The Kier molecular flexibility index (Phi) is 5.55. The lowest BCUT2D eigenvalue weighted by molar-refractivity contribution is -0.137. The fourth-order valence-electron chi connectivity index (χ4n) is 1.94. The highest BCUT2D eigenvalue weighted by atomic mass is 127. The summed E-state index contributed by atoms with van der Waals surface area (Å²) in [5.74, 6) is 0.687. The van der Waals surface area contributed by atoms with Crippen LogP contribution in [0.1, 0.15) is 22.7 Å². The molecule has 0 atom stereocenters. The Bertz CT molecular complexity index is 891. The summed E-state index contributed by atoms with van der Waals surface area (Å²) >= 11 is 2.04. The number of halogens is 4. The van der Waals surface area contributed by atoms with Crippen LogP contribution in [0.4, 0.5) is 13.2 Å². The van der Waals surface area contributed by atoms with E-state index in [4.69, 9.17) is 9.15 Å². The van der Waals surface area contributed by atoms with E-state index in [9.17, 15) is 13.2 Å². The SMILES string of the molecule is FC(F)(F)c1ccc(C=Cc2nc(COc3ccc(I)nn3)co2)cc1. The summed E-state index contributed by atoms with van der Waals surface area (Å²) in [6.45, 7) is 0.160. The van der Waals surface area contributed by atoms with Crippen molar-refractivity contribution in [1.82, 2.24) is 15.2 Å². The maximum absolute atomic E-state index is 12.5. The third-order valence-electron chi connectivity index (χ3n) is 3.20. The average molecular weight is 473 g/mol. The lowest BCUT2D eigenvalue weighted by atomic mass is 10.1. The molecule has 0 saturated carbocycles. The second-order valence-corrected chi connectivity index (χ2v) is 6.22. The summed E-state index contributed by atoms with van der Waals surface area (Å²) in [5.41, 5.74) is 0.462. The van der Waals surface area contributed by atoms with Crippen LogP contribution in [0.25, 0.3) is 12.2 Å². The second-order valence-electron chi connectivity index (χ2n) is 5.11. The van der Waals surface area contributed by atoms with Crippen LogP contribution >= 0.6 is 22.6 Å². The minimum absolute atomic E-state index is 0.160. The topological polar surface area (TPSA) is 61.0 Å². The van der Waals surface area contributed by atoms with Crippen LogP contribution in [0.5, 0.6) is 5.88 Å². The molecule has 0 saturated heterocycles. The van der Waals surface area contributed by atoms with Gasteiger partial charge in [0.1, 0.15) is 22.3 Å². The summed E-state index contributed by atoms with van der Waals surface area (Å²) < 4.78 is 49.0. The van der Waals surface area contributed by atoms with Crippen molar-refractivity contribution in [2.75, 3.05) is 0 Å². The number of oxazole rings is 1. The molecule has 0 spiro atoms. The molecule has 1 aromatic carbocycles. The molecule has 0 aliphatic carbocycles. The minimum Gasteiger partial charge on any atom is -0.470 e. The number of aromatic nitrogens is 3. The van der Waals surface area contributed by atoms with Gasteiger partial charge in [-0.1, -0.05) is 12.1 Å². The van der Waals surface area contributed by atoms with Crippen molar-refractivity contribution in [3.8, 4) is 5.88 Å². The first-order valence-corrected chi connectivity index (χ1v) is 8.40. The highest BCUT2D eigenvalue weighted by Crippen LogP contribution is 2.29. The normalized spacial score (nSPS) is 11.8. The summed E-state index contributed by atoms with van der Waals surface area (Å²) in [5, 5.41) is 7.74. The number of benzene rings is 1. The van der Waals surface area contributed by atoms with E-state index in [0.717, 1.165) is 15.8 Å². The van der Waals surface area contributed by atoms with E-state index >= 15 is 0 Å². The quantitative estimate of drug-likeness (QED) is 0.497. The summed E-state index contributed by atoms with van der Waals surface area (Å²) in [4.78, 5) is 4.21. The largest absolute Gasteiger partial charge is 0.470 e. The van der Waals surface area contributed by atoms with E-state index in [-0.39, 0.29) is 6.61 Å². The molecular formula is C17H11F3IN3O2. The van der Waals surface area contributed by atoms with Crippen molar-refractivity contribution in [3.05, 3.63) is 69.1 Å². The van der Waals surface area contributed by atoms with E-state index < -0.39 is 11.7 Å². The predicted octanol–water partition coefficient (Wildman–Crippen LogP) is 4.84. The molecule has 5 nitrogen and oxygen atoms in total. The molecule has 0 aliphatic rings. The molecule has 0 bridgehead atoms. The summed E-state index contributed by atoms with van der Waals surface area (Å²) in [6, 6.07) is 8.26. The Morgan fingerprint density at radius 3 is 2.46 bits per heavy atom. The first-order chi connectivity index (χ1) is 12.4. The van der Waals surface area contributed by atoms with Crippen molar-refractivity contribution in [2.45, 2.75) is 12.8 Å². The van der Waals surface area contributed by atoms with Crippen LogP contribution in [0.15, 0.2) is 47.1 Å². The van der Waals surface area contributed by atoms with Crippen molar-refractivity contribution >= 4 is 34.7 Å². The van der Waals surface area contributed by atoms with E-state index in [2.05, 4.69) is 15.2 Å². The summed E-state index contributed by atoms with van der Waals surface area (Å²) in [7, 11) is 0. The number of nitrogens with zero attached hydrogens (tertiary/aromatic N) is 3. The maximum Gasteiger partial charge on any atom is 0.416 e. The predicted molar refractivity (Wildman–Crippen MR) is 96.0 cm³/mol. The van der Waals surface area contributed by atoms with Crippen LogP contribution in [-0.4, -0.2) is 15.2 Å². The first-order valence-electron chi connectivity index (χ1n) is 7.32. The zero-order chi connectivity index (χ0) is 18.6. The zero-order valence-electron chi connectivity index (χ0n) is 13.1. The van der Waals surface area contributed by atoms with E-state index in [1.165, 1.54) is 18.4 Å². The molecule has 134 valence electrons. The van der Waals surface area contributed by atoms with Gasteiger partial charge in [0.15, 0.2) is 0 Å². The van der Waals surface area contributed by atoms with Gasteiger partial charge in [-0.05, 0) is 52.4 Å². The first kappa shape index (κ1) is 18.4. The molecule has 26 heavy (non-hydrogen) atoms. The molecule has 9 heteroatoms. The fourth-order valence-corrected chi connectivity index (χ4v) is 2.23. The van der Waals surface area contributed by atoms with Gasteiger partial charge in [0, 0.05) is 12.1 Å². The summed E-state index contributed by atoms with van der Waals surface area (Å²) in [6.07, 6.45) is 0.270. The van der Waals surface area contributed by atoms with Gasteiger partial charge in [0.25, 0.3) is 0 Å². The van der Waals surface area contributed by atoms with Crippen LogP contribution < -0.4 is 4.74 Å². The van der Waals surface area contributed by atoms with Crippen molar-refractivity contribution < 1.29 is 22.3 Å². The Morgan fingerprint density at radius 2 is 1.81 bits per heavy atom. The molecule has 0 amide bonds. The van der Waals surface area contributed by atoms with Gasteiger partial charge in [0.05, 0.1) is 5.56 Å². The minimum atomic E-state index is -4.35. The molecular weight excluding hydrogens is 462 g/mol. The van der Waals surface area contributed by atoms with Crippen molar-refractivity contribution in [3.63, 3.8) is 0 Å². The third-order valence-corrected chi connectivity index (χ3v) is 3.78. The molecule has 0 N–H and O–H groups in total. The van der Waals surface area contributed by atoms with Gasteiger partial charge in [-0.3, -0.25) is 0 Å². The number of hydrogen-bond donors (Lipinski definition) is 0. The smallest absolute Gasteiger partial charge is 0.416 e. The molecule has 3 rings (SSSR count). The number of alkyl halides is 3. The third kappa shape index (κ3) is 5.04. The standard InChI is InChI=1S/C17H11F3IN3O2/c18-17(19,20)12-4-1-11(2-5-12)3-7-15-22-13(9-25-15)10-26-16-8-6-14(21)23-24-16/h1-9H,10H2. The van der Waals surface area contributed by atoms with E-state index in [0.29, 0.717) is 23.0 Å².